The minimum atomic E-state index is -0.591. The smallest absolute Gasteiger partial charge is 0.251 e. The maximum atomic E-state index is 10.6. The van der Waals surface area contributed by atoms with Crippen LogP contribution in [0.3, 0.4) is 0 Å². The minimum absolute atomic E-state index is 0.0721. The van der Waals surface area contributed by atoms with Crippen molar-refractivity contribution in [3.8, 4) is 5.75 Å². The van der Waals surface area contributed by atoms with Gasteiger partial charge in [0.05, 0.1) is 0 Å². The number of rotatable bonds is 4. The lowest BCUT2D eigenvalue weighted by Crippen LogP contribution is -2.04. The number of ether oxygens (including phenoxy) is 1. The normalized spacial score (nSPS) is 9.57. The molecule has 0 heterocycles. The van der Waals surface area contributed by atoms with E-state index in [0.717, 1.165) is 0 Å². The van der Waals surface area contributed by atoms with E-state index in [1.807, 2.05) is 0 Å². The summed E-state index contributed by atoms with van der Waals surface area (Å²) in [6.45, 7) is 3.52. The zero-order valence-electron chi connectivity index (χ0n) is 7.30. The molecule has 74 valence electrons. The van der Waals surface area contributed by atoms with E-state index in [-0.39, 0.29) is 12.2 Å². The average molecular weight is 231 g/mol. The van der Waals surface area contributed by atoms with Gasteiger partial charge in [-0.2, -0.15) is 0 Å². The van der Waals surface area contributed by atoms with Gasteiger partial charge in [0, 0.05) is 10.6 Å². The third kappa shape index (κ3) is 3.40. The summed E-state index contributed by atoms with van der Waals surface area (Å²) < 4.78 is 5.22. The van der Waals surface area contributed by atoms with Crippen LogP contribution >= 0.6 is 23.2 Å². The van der Waals surface area contributed by atoms with Gasteiger partial charge in [-0.05, 0) is 29.8 Å². The Kier molecular flexibility index (Phi) is 3.98. The van der Waals surface area contributed by atoms with Crippen LogP contribution in [0.5, 0.6) is 5.75 Å². The lowest BCUT2D eigenvalue weighted by atomic mass is 10.3. The molecular formula is C10H8Cl2O2. The molecule has 0 N–H and O–H groups in total. The Hall–Kier alpha value is -0.990. The SMILES string of the molecule is C=C(COc1cccc(Cl)c1)C(=O)Cl. The van der Waals surface area contributed by atoms with Crippen LogP contribution < -0.4 is 4.74 Å². The molecule has 0 aromatic heterocycles. The highest BCUT2D eigenvalue weighted by molar-refractivity contribution is 6.67. The molecule has 0 spiro atoms. The van der Waals surface area contributed by atoms with Gasteiger partial charge >= 0.3 is 0 Å². The minimum Gasteiger partial charge on any atom is -0.489 e. The highest BCUT2D eigenvalue weighted by atomic mass is 35.5. The summed E-state index contributed by atoms with van der Waals surface area (Å²) in [6, 6.07) is 6.87. The third-order valence-electron chi connectivity index (χ3n) is 1.49. The van der Waals surface area contributed by atoms with Crippen molar-refractivity contribution in [3.63, 3.8) is 0 Å². The van der Waals surface area contributed by atoms with Gasteiger partial charge in [-0.15, -0.1) is 0 Å². The molecule has 0 unspecified atom stereocenters. The van der Waals surface area contributed by atoms with Gasteiger partial charge in [-0.1, -0.05) is 24.2 Å². The molecule has 0 aliphatic rings. The zero-order chi connectivity index (χ0) is 10.6. The van der Waals surface area contributed by atoms with E-state index in [9.17, 15) is 4.79 Å². The van der Waals surface area contributed by atoms with Crippen LogP contribution in [-0.4, -0.2) is 11.8 Å². The second-order valence-corrected chi connectivity index (χ2v) is 3.40. The van der Waals surface area contributed by atoms with Gasteiger partial charge in [0.2, 0.25) is 0 Å². The molecule has 1 aromatic carbocycles. The van der Waals surface area contributed by atoms with Gasteiger partial charge < -0.3 is 4.74 Å². The monoisotopic (exact) mass is 230 g/mol. The second kappa shape index (κ2) is 5.03. The van der Waals surface area contributed by atoms with E-state index >= 15 is 0 Å². The summed E-state index contributed by atoms with van der Waals surface area (Å²) >= 11 is 10.9. The highest BCUT2D eigenvalue weighted by Crippen LogP contribution is 2.17. The topological polar surface area (TPSA) is 26.3 Å². The zero-order valence-corrected chi connectivity index (χ0v) is 8.81. The first kappa shape index (κ1) is 11.1. The van der Waals surface area contributed by atoms with E-state index in [2.05, 4.69) is 6.58 Å². The van der Waals surface area contributed by atoms with Crippen LogP contribution in [0.1, 0.15) is 0 Å². The van der Waals surface area contributed by atoms with Crippen LogP contribution in [0.25, 0.3) is 0 Å². The van der Waals surface area contributed by atoms with Crippen molar-refractivity contribution in [2.24, 2.45) is 0 Å². The van der Waals surface area contributed by atoms with E-state index in [0.29, 0.717) is 10.8 Å². The maximum absolute atomic E-state index is 10.6. The quantitative estimate of drug-likeness (QED) is 0.588. The molecule has 14 heavy (non-hydrogen) atoms. The summed E-state index contributed by atoms with van der Waals surface area (Å²) in [5, 5.41) is -0.0164. The molecule has 0 amide bonds. The number of halogens is 2. The van der Waals surface area contributed by atoms with E-state index in [1.54, 1.807) is 24.3 Å². The third-order valence-corrected chi connectivity index (χ3v) is 1.99. The van der Waals surface area contributed by atoms with Crippen LogP contribution in [-0.2, 0) is 4.79 Å². The molecular weight excluding hydrogens is 223 g/mol. The first-order chi connectivity index (χ1) is 6.59. The Morgan fingerprint density at radius 3 is 2.79 bits per heavy atom. The Labute approximate surface area is 92.1 Å². The van der Waals surface area contributed by atoms with Gasteiger partial charge in [-0.3, -0.25) is 4.79 Å². The lowest BCUT2D eigenvalue weighted by molar-refractivity contribution is -0.108. The predicted molar refractivity (Wildman–Crippen MR) is 56.9 cm³/mol. The molecule has 0 saturated carbocycles. The predicted octanol–water partition coefficient (Wildman–Crippen LogP) is 3.04. The van der Waals surface area contributed by atoms with Gasteiger partial charge in [-0.25, -0.2) is 0 Å². The molecule has 0 atom stereocenters. The van der Waals surface area contributed by atoms with Gasteiger partial charge in [0.15, 0.2) is 0 Å². The first-order valence-electron chi connectivity index (χ1n) is 3.85. The van der Waals surface area contributed by atoms with Crippen LogP contribution in [0, 0.1) is 0 Å². The number of carbonyl (C=O) groups excluding carboxylic acids is 1. The fourth-order valence-corrected chi connectivity index (χ4v) is 1.02. The first-order valence-corrected chi connectivity index (χ1v) is 4.61. The second-order valence-electron chi connectivity index (χ2n) is 2.62. The highest BCUT2D eigenvalue weighted by Gasteiger charge is 2.03. The van der Waals surface area contributed by atoms with Crippen LogP contribution in [0.2, 0.25) is 5.02 Å². The molecule has 1 aromatic rings. The molecule has 0 radical (unpaired) electrons. The lowest BCUT2D eigenvalue weighted by Gasteiger charge is -2.05. The summed E-state index contributed by atoms with van der Waals surface area (Å²) in [4.78, 5) is 10.6. The molecule has 4 heteroatoms. The maximum Gasteiger partial charge on any atom is 0.251 e. The summed E-state index contributed by atoms with van der Waals surface area (Å²) in [7, 11) is 0. The van der Waals surface area contributed by atoms with Crippen molar-refractivity contribution in [3.05, 3.63) is 41.4 Å². The number of hydrogen-bond donors (Lipinski definition) is 0. The fourth-order valence-electron chi connectivity index (χ4n) is 0.784. The molecule has 0 aliphatic carbocycles. The number of hydrogen-bond acceptors (Lipinski definition) is 2. The number of carbonyl (C=O) groups is 1. The molecule has 0 aliphatic heterocycles. The molecule has 1 rings (SSSR count). The van der Waals surface area contributed by atoms with Gasteiger partial charge in [0.25, 0.3) is 5.24 Å². The van der Waals surface area contributed by atoms with Gasteiger partial charge in [0.1, 0.15) is 12.4 Å². The summed E-state index contributed by atoms with van der Waals surface area (Å²) in [5.74, 6) is 0.580. The Bertz CT molecular complexity index is 361. The van der Waals surface area contributed by atoms with E-state index in [4.69, 9.17) is 27.9 Å². The van der Waals surface area contributed by atoms with Crippen molar-refractivity contribution >= 4 is 28.4 Å². The Morgan fingerprint density at radius 2 is 2.21 bits per heavy atom. The number of benzene rings is 1. The van der Waals surface area contributed by atoms with Crippen molar-refractivity contribution in [1.29, 1.82) is 0 Å². The molecule has 2 nitrogen and oxygen atoms in total. The van der Waals surface area contributed by atoms with E-state index in [1.165, 1.54) is 0 Å². The molecule has 0 bridgehead atoms. The van der Waals surface area contributed by atoms with Crippen molar-refractivity contribution in [2.75, 3.05) is 6.61 Å². The molecule has 0 saturated heterocycles. The standard InChI is InChI=1S/C10H8Cl2O2/c1-7(10(12)13)6-14-9-4-2-3-8(11)5-9/h2-5H,1,6H2. The fraction of sp³-hybridized carbons (Fsp3) is 0.100. The largest absolute Gasteiger partial charge is 0.489 e. The average Bonchev–Trinajstić information content (AvgIpc) is 2.14. The van der Waals surface area contributed by atoms with Crippen molar-refractivity contribution < 1.29 is 9.53 Å². The van der Waals surface area contributed by atoms with E-state index < -0.39 is 5.24 Å². The molecule has 0 fully saturated rings. The van der Waals surface area contributed by atoms with Crippen LogP contribution in [0.4, 0.5) is 0 Å². The van der Waals surface area contributed by atoms with Crippen molar-refractivity contribution in [2.45, 2.75) is 0 Å². The summed E-state index contributed by atoms with van der Waals surface area (Å²) in [5.41, 5.74) is 0.214. The Morgan fingerprint density at radius 1 is 1.50 bits per heavy atom. The summed E-state index contributed by atoms with van der Waals surface area (Å²) in [6.07, 6.45) is 0. The van der Waals surface area contributed by atoms with Crippen LogP contribution in [0.15, 0.2) is 36.4 Å². The van der Waals surface area contributed by atoms with Crippen molar-refractivity contribution in [1.82, 2.24) is 0 Å². The Balaban J connectivity index is 2.54.